The van der Waals surface area contributed by atoms with Gasteiger partial charge in [-0.15, -0.1) is 0 Å². The van der Waals surface area contributed by atoms with Crippen molar-refractivity contribution in [1.29, 1.82) is 0 Å². The monoisotopic (exact) mass is 257 g/mol. The van der Waals surface area contributed by atoms with E-state index in [1.165, 1.54) is 0 Å². The van der Waals surface area contributed by atoms with Gasteiger partial charge in [-0.05, 0) is 25.0 Å². The van der Waals surface area contributed by atoms with Gasteiger partial charge < -0.3 is 14.6 Å². The number of oxazole rings is 1. The van der Waals surface area contributed by atoms with Crippen LogP contribution in [0.5, 0.6) is 0 Å². The largest absolute Gasteiger partial charge is 0.424 e. The Morgan fingerprint density at radius 2 is 2.16 bits per heavy atom. The average Bonchev–Trinajstić information content (AvgIpc) is 3.06. The molecule has 1 atom stereocenters. The fraction of sp³-hybridized carbons (Fsp3) is 0.429. The summed E-state index contributed by atoms with van der Waals surface area (Å²) in [7, 11) is 0. The zero-order chi connectivity index (χ0) is 12.8. The Kier molecular flexibility index (Phi) is 2.27. The lowest BCUT2D eigenvalue weighted by molar-refractivity contribution is -0.128. The van der Waals surface area contributed by atoms with Crippen LogP contribution < -0.4 is 5.32 Å². The maximum Gasteiger partial charge on any atom is 0.295 e. The summed E-state index contributed by atoms with van der Waals surface area (Å²) in [5.41, 5.74) is 1.61. The van der Waals surface area contributed by atoms with Crippen molar-refractivity contribution in [3.05, 3.63) is 24.3 Å². The molecule has 1 aliphatic carbocycles. The quantitative estimate of drug-likeness (QED) is 0.913. The van der Waals surface area contributed by atoms with Crippen molar-refractivity contribution in [2.75, 3.05) is 11.9 Å². The first-order valence-electron chi connectivity index (χ1n) is 6.71. The molecule has 0 bridgehead atoms. The fourth-order valence-corrected chi connectivity index (χ4v) is 2.68. The number of hydrogen-bond donors (Lipinski definition) is 1. The lowest BCUT2D eigenvalue weighted by atomic mass is 10.3. The van der Waals surface area contributed by atoms with Crippen LogP contribution in [0.2, 0.25) is 0 Å². The summed E-state index contributed by atoms with van der Waals surface area (Å²) < 4.78 is 5.62. The smallest absolute Gasteiger partial charge is 0.295 e. The fourth-order valence-electron chi connectivity index (χ4n) is 2.68. The molecule has 2 heterocycles. The van der Waals surface area contributed by atoms with Crippen molar-refractivity contribution in [3.8, 4) is 0 Å². The van der Waals surface area contributed by atoms with E-state index in [-0.39, 0.29) is 11.9 Å². The predicted molar refractivity (Wildman–Crippen MR) is 70.8 cm³/mol. The van der Waals surface area contributed by atoms with E-state index in [1.54, 1.807) is 0 Å². The second-order valence-electron chi connectivity index (χ2n) is 5.31. The highest BCUT2D eigenvalue weighted by Crippen LogP contribution is 2.31. The van der Waals surface area contributed by atoms with Gasteiger partial charge in [0.05, 0.1) is 6.04 Å². The molecule has 5 nitrogen and oxygen atoms in total. The first-order valence-corrected chi connectivity index (χ1v) is 6.71. The van der Waals surface area contributed by atoms with Crippen molar-refractivity contribution >= 4 is 23.0 Å². The number of para-hydroxylation sites is 2. The Morgan fingerprint density at radius 1 is 1.32 bits per heavy atom. The number of rotatable bonds is 3. The molecule has 1 aromatic carbocycles. The van der Waals surface area contributed by atoms with Gasteiger partial charge in [-0.2, -0.15) is 4.98 Å². The summed E-state index contributed by atoms with van der Waals surface area (Å²) in [6, 6.07) is 8.78. The van der Waals surface area contributed by atoms with Gasteiger partial charge in [-0.25, -0.2) is 0 Å². The molecule has 19 heavy (non-hydrogen) atoms. The molecule has 1 N–H and O–H groups in total. The molecule has 2 fully saturated rings. The normalized spacial score (nSPS) is 23.3. The molecular formula is C14H15N3O2. The first-order chi connectivity index (χ1) is 9.29. The topological polar surface area (TPSA) is 58.4 Å². The van der Waals surface area contributed by atoms with Crippen molar-refractivity contribution in [2.24, 2.45) is 0 Å². The number of aromatic nitrogens is 1. The average molecular weight is 257 g/mol. The van der Waals surface area contributed by atoms with E-state index >= 15 is 0 Å². The Bertz CT molecular complexity index is 599. The van der Waals surface area contributed by atoms with Crippen LogP contribution in [-0.4, -0.2) is 34.4 Å². The SMILES string of the molecule is O=C1CC(Nc2nc3ccccc3o2)CN1C1CC1. The maximum atomic E-state index is 11.9. The molecule has 1 amide bonds. The number of nitrogens with one attached hydrogen (secondary N) is 1. The van der Waals surface area contributed by atoms with Gasteiger partial charge in [0.2, 0.25) is 5.91 Å². The number of amides is 1. The zero-order valence-corrected chi connectivity index (χ0v) is 10.5. The number of carbonyl (C=O) groups is 1. The lowest BCUT2D eigenvalue weighted by Gasteiger charge is -2.15. The minimum absolute atomic E-state index is 0.112. The van der Waals surface area contributed by atoms with Gasteiger partial charge in [0, 0.05) is 19.0 Å². The van der Waals surface area contributed by atoms with Crippen LogP contribution in [0.25, 0.3) is 11.1 Å². The van der Waals surface area contributed by atoms with Gasteiger partial charge in [-0.1, -0.05) is 12.1 Å². The van der Waals surface area contributed by atoms with E-state index in [9.17, 15) is 4.79 Å². The Balaban J connectivity index is 1.50. The Hall–Kier alpha value is -2.04. The molecule has 98 valence electrons. The second kappa shape index (κ2) is 3.98. The molecule has 1 saturated heterocycles. The molecule has 1 aromatic heterocycles. The molecule has 1 aliphatic heterocycles. The third-order valence-corrected chi connectivity index (χ3v) is 3.77. The number of hydrogen-bond acceptors (Lipinski definition) is 4. The molecule has 4 rings (SSSR count). The van der Waals surface area contributed by atoms with Crippen LogP contribution in [-0.2, 0) is 4.79 Å². The van der Waals surface area contributed by atoms with Crippen LogP contribution in [0.3, 0.4) is 0 Å². The number of carbonyl (C=O) groups excluding carboxylic acids is 1. The van der Waals surface area contributed by atoms with Crippen LogP contribution in [0.1, 0.15) is 19.3 Å². The highest BCUT2D eigenvalue weighted by Gasteiger charge is 2.39. The summed E-state index contributed by atoms with van der Waals surface area (Å²) in [6.07, 6.45) is 2.85. The number of nitrogens with zero attached hydrogens (tertiary/aromatic N) is 2. The Morgan fingerprint density at radius 3 is 2.95 bits per heavy atom. The van der Waals surface area contributed by atoms with E-state index in [0.717, 1.165) is 30.5 Å². The van der Waals surface area contributed by atoms with Crippen LogP contribution >= 0.6 is 0 Å². The molecular weight excluding hydrogens is 242 g/mol. The van der Waals surface area contributed by atoms with Crippen LogP contribution in [0.4, 0.5) is 6.01 Å². The van der Waals surface area contributed by atoms with E-state index in [1.807, 2.05) is 29.2 Å². The second-order valence-corrected chi connectivity index (χ2v) is 5.31. The first kappa shape index (κ1) is 10.8. The highest BCUT2D eigenvalue weighted by molar-refractivity contribution is 5.81. The number of anilines is 1. The molecule has 5 heteroatoms. The highest BCUT2D eigenvalue weighted by atomic mass is 16.4. The van der Waals surface area contributed by atoms with Crippen molar-refractivity contribution < 1.29 is 9.21 Å². The van der Waals surface area contributed by atoms with E-state index < -0.39 is 0 Å². The van der Waals surface area contributed by atoms with Crippen molar-refractivity contribution in [3.63, 3.8) is 0 Å². The molecule has 1 unspecified atom stereocenters. The third-order valence-electron chi connectivity index (χ3n) is 3.77. The zero-order valence-electron chi connectivity index (χ0n) is 10.5. The van der Waals surface area contributed by atoms with E-state index in [4.69, 9.17) is 4.42 Å². The van der Waals surface area contributed by atoms with E-state index in [0.29, 0.717) is 18.5 Å². The number of fused-ring (bicyclic) bond motifs is 1. The summed E-state index contributed by atoms with van der Waals surface area (Å²) in [4.78, 5) is 18.2. The van der Waals surface area contributed by atoms with Crippen molar-refractivity contribution in [1.82, 2.24) is 9.88 Å². The summed E-state index contributed by atoms with van der Waals surface area (Å²) in [6.45, 7) is 0.766. The molecule has 0 spiro atoms. The van der Waals surface area contributed by atoms with Gasteiger partial charge in [0.1, 0.15) is 5.52 Å². The maximum absolute atomic E-state index is 11.9. The van der Waals surface area contributed by atoms with E-state index in [2.05, 4.69) is 10.3 Å². The standard InChI is InChI=1S/C14H15N3O2/c18-13-7-9(8-17(13)10-5-6-10)15-14-16-11-3-1-2-4-12(11)19-14/h1-4,9-10H,5-8H2,(H,15,16). The predicted octanol–water partition coefficient (Wildman–Crippen LogP) is 2.00. The minimum atomic E-state index is 0.112. The van der Waals surface area contributed by atoms with Crippen molar-refractivity contribution in [2.45, 2.75) is 31.3 Å². The number of benzene rings is 1. The van der Waals surface area contributed by atoms with Gasteiger partial charge in [0.15, 0.2) is 5.58 Å². The molecule has 1 saturated carbocycles. The van der Waals surface area contributed by atoms with Crippen LogP contribution in [0.15, 0.2) is 28.7 Å². The number of likely N-dealkylation sites (tertiary alicyclic amines) is 1. The van der Waals surface area contributed by atoms with Gasteiger partial charge in [-0.3, -0.25) is 4.79 Å². The molecule has 0 radical (unpaired) electrons. The van der Waals surface area contributed by atoms with Gasteiger partial charge >= 0.3 is 0 Å². The summed E-state index contributed by atoms with van der Waals surface area (Å²) in [5, 5.41) is 3.23. The summed E-state index contributed by atoms with van der Waals surface area (Å²) >= 11 is 0. The van der Waals surface area contributed by atoms with Gasteiger partial charge in [0.25, 0.3) is 6.01 Å². The lowest BCUT2D eigenvalue weighted by Crippen LogP contribution is -2.29. The summed E-state index contributed by atoms with van der Waals surface area (Å²) in [5.74, 6) is 0.246. The van der Waals surface area contributed by atoms with Crippen LogP contribution in [0, 0.1) is 0 Å². The molecule has 2 aromatic rings. The minimum Gasteiger partial charge on any atom is -0.424 e. The third kappa shape index (κ3) is 1.95. The Labute approximate surface area is 110 Å². The molecule has 2 aliphatic rings.